The van der Waals surface area contributed by atoms with Gasteiger partial charge in [0.25, 0.3) is 0 Å². The number of benzene rings is 1. The molecule has 1 aliphatic carbocycles. The van der Waals surface area contributed by atoms with Gasteiger partial charge in [-0.2, -0.15) is 0 Å². The summed E-state index contributed by atoms with van der Waals surface area (Å²) in [6, 6.07) is 3.48. The first-order chi connectivity index (χ1) is 8.52. The summed E-state index contributed by atoms with van der Waals surface area (Å²) in [4.78, 5) is 0. The van der Waals surface area contributed by atoms with Crippen LogP contribution in [0.5, 0.6) is 0 Å². The van der Waals surface area contributed by atoms with Crippen LogP contribution in [-0.2, 0) is 0 Å². The second kappa shape index (κ2) is 5.30. The van der Waals surface area contributed by atoms with Crippen molar-refractivity contribution in [1.82, 2.24) is 5.32 Å². The van der Waals surface area contributed by atoms with Crippen molar-refractivity contribution >= 4 is 0 Å². The Hall–Kier alpha value is -1.04. The van der Waals surface area contributed by atoms with Crippen molar-refractivity contribution in [1.29, 1.82) is 0 Å². The zero-order valence-corrected chi connectivity index (χ0v) is 10.00. The molecule has 1 saturated carbocycles. The third kappa shape index (κ3) is 2.85. The van der Waals surface area contributed by atoms with Gasteiger partial charge in [-0.05, 0) is 31.4 Å². The maximum Gasteiger partial charge on any atom is 0.131 e. The summed E-state index contributed by atoms with van der Waals surface area (Å²) in [5.74, 6) is -1.52. The topological polar surface area (TPSA) is 52.5 Å². The number of nitrogens with one attached hydrogen (secondary N) is 1. The third-order valence-electron chi connectivity index (χ3n) is 3.41. The van der Waals surface area contributed by atoms with Crippen molar-refractivity contribution in [3.05, 3.63) is 35.4 Å². The van der Waals surface area contributed by atoms with Gasteiger partial charge >= 0.3 is 0 Å². The molecule has 100 valence electrons. The monoisotopic (exact) mass is 257 g/mol. The molecule has 3 nitrogen and oxygen atoms in total. The average molecular weight is 257 g/mol. The van der Waals surface area contributed by atoms with Crippen LogP contribution in [0, 0.1) is 11.6 Å². The highest BCUT2D eigenvalue weighted by Gasteiger charge is 2.33. The minimum Gasteiger partial charge on any atom is -0.389 e. The first kappa shape index (κ1) is 13.4. The number of halogens is 2. The molecule has 1 unspecified atom stereocenters. The molecular weight excluding hydrogens is 240 g/mol. The van der Waals surface area contributed by atoms with Crippen molar-refractivity contribution < 1.29 is 19.0 Å². The molecule has 0 spiro atoms. The highest BCUT2D eigenvalue weighted by Crippen LogP contribution is 2.30. The van der Waals surface area contributed by atoms with Gasteiger partial charge < -0.3 is 15.5 Å². The number of hydrogen-bond acceptors (Lipinski definition) is 3. The van der Waals surface area contributed by atoms with Gasteiger partial charge in [-0.25, -0.2) is 8.78 Å². The maximum absolute atomic E-state index is 13.4. The van der Waals surface area contributed by atoms with Gasteiger partial charge in [-0.3, -0.25) is 0 Å². The van der Waals surface area contributed by atoms with Crippen LogP contribution in [0.15, 0.2) is 18.2 Å². The minimum absolute atomic E-state index is 0.0141. The molecular formula is C13H17F2NO2. The van der Waals surface area contributed by atoms with Crippen LogP contribution >= 0.6 is 0 Å². The van der Waals surface area contributed by atoms with E-state index < -0.39 is 23.3 Å². The Labute approximate surface area is 104 Å². The molecule has 1 aliphatic rings. The lowest BCUT2D eigenvalue weighted by atomic mass is 9.80. The van der Waals surface area contributed by atoms with Crippen molar-refractivity contribution in [3.63, 3.8) is 0 Å². The van der Waals surface area contributed by atoms with Gasteiger partial charge in [0.1, 0.15) is 11.6 Å². The standard InChI is InChI=1S/C13H17F2NO2/c14-9-3-1-4-10(15)12(9)11(17)7-16-8-13(18)5-2-6-13/h1,3-4,11,16-18H,2,5-8H2. The molecule has 0 radical (unpaired) electrons. The molecule has 0 saturated heterocycles. The van der Waals surface area contributed by atoms with Crippen molar-refractivity contribution in [2.45, 2.75) is 31.0 Å². The predicted molar refractivity (Wildman–Crippen MR) is 63.0 cm³/mol. The Balaban J connectivity index is 1.89. The molecule has 5 heteroatoms. The van der Waals surface area contributed by atoms with Crippen LogP contribution in [-0.4, -0.2) is 28.9 Å². The lowest BCUT2D eigenvalue weighted by Gasteiger charge is -2.37. The van der Waals surface area contributed by atoms with Crippen LogP contribution in [0.1, 0.15) is 30.9 Å². The molecule has 0 aliphatic heterocycles. The van der Waals surface area contributed by atoms with E-state index in [-0.39, 0.29) is 12.1 Å². The van der Waals surface area contributed by atoms with E-state index in [1.807, 2.05) is 0 Å². The normalized spacial score (nSPS) is 19.3. The third-order valence-corrected chi connectivity index (χ3v) is 3.41. The molecule has 3 N–H and O–H groups in total. The summed E-state index contributed by atoms with van der Waals surface area (Å²) < 4.78 is 26.7. The van der Waals surface area contributed by atoms with Crippen LogP contribution in [0.3, 0.4) is 0 Å². The fraction of sp³-hybridized carbons (Fsp3) is 0.538. The van der Waals surface area contributed by atoms with E-state index in [0.29, 0.717) is 6.54 Å². The van der Waals surface area contributed by atoms with Crippen molar-refractivity contribution in [2.75, 3.05) is 13.1 Å². The van der Waals surface area contributed by atoms with E-state index in [0.717, 1.165) is 31.4 Å². The van der Waals surface area contributed by atoms with Crippen LogP contribution < -0.4 is 5.32 Å². The van der Waals surface area contributed by atoms with E-state index in [4.69, 9.17) is 0 Å². The second-order valence-electron chi connectivity index (χ2n) is 4.86. The van der Waals surface area contributed by atoms with Crippen LogP contribution in [0.4, 0.5) is 8.78 Å². The molecule has 0 bridgehead atoms. The number of rotatable bonds is 5. The summed E-state index contributed by atoms with van der Waals surface area (Å²) in [6.07, 6.45) is 1.19. The highest BCUT2D eigenvalue weighted by atomic mass is 19.1. The highest BCUT2D eigenvalue weighted by molar-refractivity contribution is 5.22. The number of aliphatic hydroxyl groups excluding tert-OH is 1. The summed E-state index contributed by atoms with van der Waals surface area (Å²) in [5.41, 5.74) is -1.04. The van der Waals surface area contributed by atoms with E-state index >= 15 is 0 Å². The average Bonchev–Trinajstić information content (AvgIpc) is 2.26. The molecule has 0 heterocycles. The lowest BCUT2D eigenvalue weighted by Crippen LogP contribution is -2.47. The Morgan fingerprint density at radius 3 is 2.39 bits per heavy atom. The fourth-order valence-corrected chi connectivity index (χ4v) is 2.13. The van der Waals surface area contributed by atoms with E-state index in [9.17, 15) is 19.0 Å². The SMILES string of the molecule is OC(CNCC1(O)CCC1)c1c(F)cccc1F. The predicted octanol–water partition coefficient (Wildman–Crippen LogP) is 1.50. The molecule has 1 fully saturated rings. The van der Waals surface area contributed by atoms with Gasteiger partial charge in [0.2, 0.25) is 0 Å². The zero-order chi connectivity index (χ0) is 13.2. The van der Waals surface area contributed by atoms with E-state index in [1.165, 1.54) is 6.07 Å². The summed E-state index contributed by atoms with van der Waals surface area (Å²) in [6.45, 7) is 0.348. The van der Waals surface area contributed by atoms with Gasteiger partial charge in [-0.15, -0.1) is 0 Å². The summed E-state index contributed by atoms with van der Waals surface area (Å²) in [5, 5.41) is 22.4. The number of aliphatic hydroxyl groups is 2. The van der Waals surface area contributed by atoms with E-state index in [1.54, 1.807) is 0 Å². The van der Waals surface area contributed by atoms with Gasteiger partial charge in [0.05, 0.1) is 17.3 Å². The molecule has 0 amide bonds. The van der Waals surface area contributed by atoms with Crippen LogP contribution in [0.25, 0.3) is 0 Å². The van der Waals surface area contributed by atoms with Crippen molar-refractivity contribution in [3.8, 4) is 0 Å². The molecule has 1 atom stereocenters. The number of hydrogen-bond donors (Lipinski definition) is 3. The Morgan fingerprint density at radius 2 is 1.89 bits per heavy atom. The van der Waals surface area contributed by atoms with Gasteiger partial charge in [0.15, 0.2) is 0 Å². The minimum atomic E-state index is -1.25. The Bertz CT molecular complexity index is 401. The Morgan fingerprint density at radius 1 is 1.28 bits per heavy atom. The molecule has 1 aromatic rings. The first-order valence-corrected chi connectivity index (χ1v) is 6.07. The largest absolute Gasteiger partial charge is 0.389 e. The molecule has 1 aromatic carbocycles. The molecule has 18 heavy (non-hydrogen) atoms. The second-order valence-corrected chi connectivity index (χ2v) is 4.86. The smallest absolute Gasteiger partial charge is 0.131 e. The quantitative estimate of drug-likeness (QED) is 0.749. The summed E-state index contributed by atoms with van der Waals surface area (Å²) >= 11 is 0. The fourth-order valence-electron chi connectivity index (χ4n) is 2.13. The van der Waals surface area contributed by atoms with Gasteiger partial charge in [0, 0.05) is 13.1 Å². The molecule has 2 rings (SSSR count). The lowest BCUT2D eigenvalue weighted by molar-refractivity contribution is -0.0329. The molecule has 0 aromatic heterocycles. The first-order valence-electron chi connectivity index (χ1n) is 6.07. The zero-order valence-electron chi connectivity index (χ0n) is 10.00. The van der Waals surface area contributed by atoms with E-state index in [2.05, 4.69) is 5.32 Å². The Kier molecular flexibility index (Phi) is 3.94. The van der Waals surface area contributed by atoms with Crippen molar-refractivity contribution in [2.24, 2.45) is 0 Å². The van der Waals surface area contributed by atoms with Gasteiger partial charge in [-0.1, -0.05) is 6.07 Å². The summed E-state index contributed by atoms with van der Waals surface area (Å²) in [7, 11) is 0. The van der Waals surface area contributed by atoms with Crippen LogP contribution in [0.2, 0.25) is 0 Å². The maximum atomic E-state index is 13.4.